The molecule has 1 aromatic carbocycles. The maximum atomic E-state index is 12.6. The van der Waals surface area contributed by atoms with Crippen LogP contribution in [0, 0.1) is 0 Å². The van der Waals surface area contributed by atoms with E-state index in [1.807, 2.05) is 42.2 Å². The standard InChI is InChI=1S/C53H75N3O17S2/c1-52(2,3)44-38-41(72-47-37-40(16-18-43(44)47)54(24-26-68-32-34-70-30-28-65-5)25-27-69-33-35-71-31-29-66-6)13-11-14-48-53(4,22-12-36-74(60,61)67-7)45-39-42(75(62,63)64)17-19-46(45)55(48)23-10-8-9-15-51(59)73-56-49(57)20-21-50(56)58/h11,13-14,16-21,37-39H,8-10,12,15,22-36H2,1-7H3,(H2-,57,58,62,63,64)/p+1. The minimum atomic E-state index is -4.62. The number of nitrogens with zero attached hydrogens (tertiary/aromatic N) is 3. The number of allylic oxidation sites excluding steroid dienone is 3. The van der Waals surface area contributed by atoms with Crippen molar-refractivity contribution in [3.05, 3.63) is 94.7 Å². The molecule has 0 radical (unpaired) electrons. The molecular weight excluding hydrogens is 1010 g/mol. The summed E-state index contributed by atoms with van der Waals surface area (Å²) >= 11 is 0. The minimum absolute atomic E-state index is 0.00557. The molecular formula is C53H76N3O17S2+. The number of ether oxygens (including phenoxy) is 6. The molecule has 5 rings (SSSR count). The lowest BCUT2D eigenvalue weighted by atomic mass is 9.77. The van der Waals surface area contributed by atoms with Gasteiger partial charge in [0.05, 0.1) is 76.7 Å². The first-order chi connectivity index (χ1) is 35.7. The third-order valence-electron chi connectivity index (χ3n) is 12.7. The Hall–Kier alpha value is -5.14. The Kier molecular flexibility index (Phi) is 23.3. The van der Waals surface area contributed by atoms with Crippen molar-refractivity contribution in [1.29, 1.82) is 0 Å². The van der Waals surface area contributed by atoms with E-state index in [0.717, 1.165) is 29.3 Å². The van der Waals surface area contributed by atoms with Crippen LogP contribution in [0.3, 0.4) is 0 Å². The molecule has 0 bridgehead atoms. The maximum Gasteiger partial charge on any atom is 0.333 e. The average Bonchev–Trinajstić information content (AvgIpc) is 3.80. The van der Waals surface area contributed by atoms with E-state index in [2.05, 4.69) is 37.5 Å². The van der Waals surface area contributed by atoms with Gasteiger partial charge < -0.3 is 52.8 Å². The van der Waals surface area contributed by atoms with Crippen molar-refractivity contribution >= 4 is 38.0 Å². The summed E-state index contributed by atoms with van der Waals surface area (Å²) < 4.78 is 108. The molecule has 3 aliphatic rings. The minimum Gasteiger partial charge on any atom is -0.492 e. The molecule has 20 nitrogen and oxygen atoms in total. The summed E-state index contributed by atoms with van der Waals surface area (Å²) in [5.74, 6) is -0.589. The Morgan fingerprint density at radius 2 is 1.37 bits per heavy atom. The lowest BCUT2D eigenvalue weighted by molar-refractivity contribution is -0.145. The van der Waals surface area contributed by atoms with Crippen LogP contribution in [0.2, 0.25) is 0 Å². The largest absolute Gasteiger partial charge is 0.492 e. The molecule has 2 aromatic rings. The Labute approximate surface area is 441 Å². The second-order valence-electron chi connectivity index (χ2n) is 19.1. The Bertz CT molecular complexity index is 2760. The zero-order valence-electron chi connectivity index (χ0n) is 44.3. The van der Waals surface area contributed by atoms with Gasteiger partial charge in [-0.3, -0.25) is 8.74 Å². The molecule has 0 saturated carbocycles. The number of anilines is 1. The molecule has 0 fully saturated rings. The summed E-state index contributed by atoms with van der Waals surface area (Å²) in [6.45, 7) is 14.5. The van der Waals surface area contributed by atoms with Crippen molar-refractivity contribution in [1.82, 2.24) is 9.31 Å². The van der Waals surface area contributed by atoms with Crippen molar-refractivity contribution in [3.8, 4) is 23.1 Å². The van der Waals surface area contributed by atoms with E-state index in [9.17, 15) is 36.4 Å². The first kappa shape index (κ1) is 60.7. The summed E-state index contributed by atoms with van der Waals surface area (Å²) in [5, 5.41) is 20.7. The fourth-order valence-electron chi connectivity index (χ4n) is 8.72. The number of carbonyl (C=O) groups is 1. The van der Waals surface area contributed by atoms with Gasteiger partial charge >= 0.3 is 5.97 Å². The zero-order chi connectivity index (χ0) is 54.7. The van der Waals surface area contributed by atoms with Gasteiger partial charge in [-0.15, -0.1) is 4.73 Å². The lowest BCUT2D eigenvalue weighted by Crippen LogP contribution is -2.36. The Balaban J connectivity index is 1.50. The highest BCUT2D eigenvalue weighted by molar-refractivity contribution is 7.86. The highest BCUT2D eigenvalue weighted by Gasteiger charge is 2.44. The van der Waals surface area contributed by atoms with E-state index in [0.29, 0.717) is 132 Å². The summed E-state index contributed by atoms with van der Waals surface area (Å²) in [6.07, 6.45) is 7.54. The van der Waals surface area contributed by atoms with Gasteiger partial charge in [-0.05, 0) is 91.6 Å². The number of aromatic nitrogens is 1. The first-order valence-electron chi connectivity index (χ1n) is 25.0. The normalized spacial score (nSPS) is 15.7. The molecule has 416 valence electrons. The highest BCUT2D eigenvalue weighted by atomic mass is 32.2. The second-order valence-corrected chi connectivity index (χ2v) is 22.4. The molecule has 0 spiro atoms. The van der Waals surface area contributed by atoms with E-state index >= 15 is 0 Å². The van der Waals surface area contributed by atoms with Crippen LogP contribution in [0.5, 0.6) is 11.8 Å². The maximum absolute atomic E-state index is 12.6. The van der Waals surface area contributed by atoms with Crippen LogP contribution in [0.25, 0.3) is 17.4 Å². The van der Waals surface area contributed by atoms with Crippen LogP contribution in [-0.4, -0.2) is 155 Å². The molecule has 1 unspecified atom stereocenters. The third-order valence-corrected chi connectivity index (χ3v) is 14.8. The lowest BCUT2D eigenvalue weighted by Gasteiger charge is -2.30. The third kappa shape index (κ3) is 18.0. The van der Waals surface area contributed by atoms with Gasteiger partial charge in [0.2, 0.25) is 17.1 Å². The van der Waals surface area contributed by atoms with Gasteiger partial charge in [0.1, 0.15) is 24.7 Å². The number of aromatic hydroxyl groups is 2. The van der Waals surface area contributed by atoms with E-state index in [1.54, 1.807) is 20.3 Å². The molecule has 22 heteroatoms. The molecule has 3 heterocycles. The van der Waals surface area contributed by atoms with Crippen LogP contribution in [0.1, 0.15) is 83.1 Å². The van der Waals surface area contributed by atoms with Crippen molar-refractivity contribution in [3.63, 3.8) is 0 Å². The van der Waals surface area contributed by atoms with Crippen LogP contribution >= 0.6 is 0 Å². The quantitative estimate of drug-likeness (QED) is 0.0217. The molecule has 0 amide bonds. The van der Waals surface area contributed by atoms with Crippen molar-refractivity contribution in [2.75, 3.05) is 118 Å². The monoisotopic (exact) mass is 1090 g/mol. The number of unbranched alkanes of at least 4 members (excludes halogenated alkanes) is 2. The topological polar surface area (TPSA) is 244 Å². The fraction of sp³-hybridized carbons (Fsp3) is 0.547. The highest BCUT2D eigenvalue weighted by Crippen LogP contribution is 2.51. The predicted octanol–water partition coefficient (Wildman–Crippen LogP) is 5.92. The van der Waals surface area contributed by atoms with Crippen molar-refractivity contribution in [2.24, 2.45) is 0 Å². The van der Waals surface area contributed by atoms with Gasteiger partial charge in [-0.1, -0.05) is 33.3 Å². The van der Waals surface area contributed by atoms with Crippen LogP contribution in [-0.2, 0) is 68.5 Å². The van der Waals surface area contributed by atoms with E-state index in [-0.39, 0.29) is 35.3 Å². The Morgan fingerprint density at radius 1 is 0.760 bits per heavy atom. The number of carbonyl (C=O) groups excluding carboxylic acids is 1. The van der Waals surface area contributed by atoms with Gasteiger partial charge in [0.15, 0.2) is 13.1 Å². The first-order valence-corrected chi connectivity index (χ1v) is 28.1. The summed E-state index contributed by atoms with van der Waals surface area (Å²) in [6, 6.07) is 14.9. The number of fused-ring (bicyclic) bond motifs is 2. The van der Waals surface area contributed by atoms with Crippen molar-refractivity contribution in [2.45, 2.75) is 81.9 Å². The van der Waals surface area contributed by atoms with E-state index in [1.165, 1.54) is 24.3 Å². The zero-order valence-corrected chi connectivity index (χ0v) is 45.9. The van der Waals surface area contributed by atoms with Crippen molar-refractivity contribution < 1.29 is 78.3 Å². The average molecular weight is 1090 g/mol. The smallest absolute Gasteiger partial charge is 0.333 e. The molecule has 75 heavy (non-hydrogen) atoms. The molecule has 1 aromatic heterocycles. The predicted molar refractivity (Wildman–Crippen MR) is 282 cm³/mol. The molecule has 3 N–H and O–H groups in total. The van der Waals surface area contributed by atoms with Crippen LogP contribution < -0.4 is 19.7 Å². The van der Waals surface area contributed by atoms with Crippen LogP contribution in [0.15, 0.2) is 81.8 Å². The molecule has 1 atom stereocenters. The number of rotatable bonds is 33. The molecule has 1 aliphatic carbocycles. The number of hydrogen-bond acceptors (Lipinski definition) is 17. The van der Waals surface area contributed by atoms with E-state index in [4.69, 9.17) is 41.9 Å². The van der Waals surface area contributed by atoms with E-state index < -0.39 is 43.4 Å². The van der Waals surface area contributed by atoms with Gasteiger partial charge in [0.25, 0.3) is 20.2 Å². The summed E-state index contributed by atoms with van der Waals surface area (Å²) in [7, 11) is -4.10. The van der Waals surface area contributed by atoms with Crippen LogP contribution in [0.4, 0.5) is 5.69 Å². The van der Waals surface area contributed by atoms with Gasteiger partial charge in [-0.2, -0.15) is 16.8 Å². The summed E-state index contributed by atoms with van der Waals surface area (Å²) in [4.78, 5) is 19.4. The SMILES string of the molecule is COCCOCCOCC[N+](CCOCCOCCOC)=c1ccc2c(C(C)(C)C)cc(C=CC=C3N(CCCCCC(=O)On4c(O)ccc4O)c4ccc(S(=O)(=O)O)cc4C3(C)CCCS(=O)(=O)OC)oc-2c1. The second kappa shape index (κ2) is 28.8. The number of hydrogen-bond donors (Lipinski definition) is 3. The fourth-order valence-corrected chi connectivity index (χ4v) is 9.89. The Morgan fingerprint density at radius 3 is 1.96 bits per heavy atom. The molecule has 2 aliphatic heterocycles. The number of methoxy groups -OCH3 is 2. The van der Waals surface area contributed by atoms with Gasteiger partial charge in [0, 0.05) is 67.7 Å². The van der Waals surface area contributed by atoms with Gasteiger partial charge in [-0.25, -0.2) is 9.37 Å². The number of benzene rings is 2. The molecule has 0 saturated heterocycles. The summed E-state index contributed by atoms with van der Waals surface area (Å²) in [5.41, 5.74) is 2.70.